The quantitative estimate of drug-likeness (QED) is 0.745. The summed E-state index contributed by atoms with van der Waals surface area (Å²) in [4.78, 5) is 1.36. The maximum Gasteiger partial charge on any atom is 0.0590 e. The van der Waals surface area contributed by atoms with Crippen molar-refractivity contribution >= 4 is 22.9 Å². The molecular weight excluding hydrogens is 262 g/mol. The summed E-state index contributed by atoms with van der Waals surface area (Å²) in [6.45, 7) is 5.42. The Labute approximate surface area is 120 Å². The Morgan fingerprint density at radius 1 is 1.44 bits per heavy atom. The molecule has 18 heavy (non-hydrogen) atoms. The lowest BCUT2D eigenvalue weighted by Gasteiger charge is -2.21. The predicted molar refractivity (Wildman–Crippen MR) is 81.7 cm³/mol. The second-order valence-electron chi connectivity index (χ2n) is 5.49. The molecule has 1 fully saturated rings. The standard InChI is InChI=1S/C15H24ClNS/c1-3-8-17-13(9-12-6-4-5-7-12)15-14(16)11(2)10-18-15/h10,12-13,17H,3-9H2,1-2H3. The van der Waals surface area contributed by atoms with Crippen molar-refractivity contribution in [2.75, 3.05) is 6.54 Å². The molecule has 1 aromatic rings. The van der Waals surface area contributed by atoms with E-state index in [1.54, 1.807) is 0 Å². The molecule has 0 aromatic carbocycles. The topological polar surface area (TPSA) is 12.0 Å². The van der Waals surface area contributed by atoms with Crippen LogP contribution in [-0.2, 0) is 0 Å². The summed E-state index contributed by atoms with van der Waals surface area (Å²) in [5.41, 5.74) is 1.23. The predicted octanol–water partition coefficient (Wildman–Crippen LogP) is 5.33. The van der Waals surface area contributed by atoms with Gasteiger partial charge in [-0.05, 0) is 43.2 Å². The Hall–Kier alpha value is -0.0500. The Kier molecular flexibility index (Phi) is 5.53. The van der Waals surface area contributed by atoms with Gasteiger partial charge >= 0.3 is 0 Å². The van der Waals surface area contributed by atoms with Crippen molar-refractivity contribution in [2.24, 2.45) is 5.92 Å². The van der Waals surface area contributed by atoms with Crippen LogP contribution in [0.25, 0.3) is 0 Å². The van der Waals surface area contributed by atoms with Crippen molar-refractivity contribution in [3.63, 3.8) is 0 Å². The summed E-state index contributed by atoms with van der Waals surface area (Å²) >= 11 is 8.26. The summed E-state index contributed by atoms with van der Waals surface area (Å²) < 4.78 is 0. The van der Waals surface area contributed by atoms with Crippen LogP contribution in [0, 0.1) is 12.8 Å². The number of aryl methyl sites for hydroxylation is 1. The van der Waals surface area contributed by atoms with Crippen molar-refractivity contribution in [3.05, 3.63) is 20.8 Å². The third kappa shape index (κ3) is 3.49. The second-order valence-corrected chi connectivity index (χ2v) is 6.78. The summed E-state index contributed by atoms with van der Waals surface area (Å²) in [5.74, 6) is 0.901. The fraction of sp³-hybridized carbons (Fsp3) is 0.733. The van der Waals surface area contributed by atoms with Gasteiger partial charge < -0.3 is 5.32 Å². The van der Waals surface area contributed by atoms with Crippen LogP contribution in [0.3, 0.4) is 0 Å². The molecule has 0 amide bonds. The molecule has 0 spiro atoms. The zero-order valence-electron chi connectivity index (χ0n) is 11.5. The minimum absolute atomic E-state index is 0.472. The van der Waals surface area contributed by atoms with E-state index in [1.807, 2.05) is 11.3 Å². The zero-order valence-corrected chi connectivity index (χ0v) is 13.0. The lowest BCUT2D eigenvalue weighted by atomic mass is 9.97. The van der Waals surface area contributed by atoms with Crippen LogP contribution < -0.4 is 5.32 Å². The van der Waals surface area contributed by atoms with Crippen molar-refractivity contribution in [1.29, 1.82) is 0 Å². The molecule has 1 heterocycles. The fourth-order valence-corrected chi connectivity index (χ4v) is 4.28. The van der Waals surface area contributed by atoms with Crippen molar-refractivity contribution < 1.29 is 0 Å². The fourth-order valence-electron chi connectivity index (χ4n) is 2.87. The number of nitrogens with one attached hydrogen (secondary N) is 1. The Bertz CT molecular complexity index is 369. The highest BCUT2D eigenvalue weighted by molar-refractivity contribution is 7.10. The Balaban J connectivity index is 2.05. The van der Waals surface area contributed by atoms with Gasteiger partial charge in [0.05, 0.1) is 5.02 Å². The molecule has 1 aromatic heterocycles. The van der Waals surface area contributed by atoms with Gasteiger partial charge in [-0.2, -0.15) is 0 Å². The van der Waals surface area contributed by atoms with Crippen molar-refractivity contribution in [2.45, 2.75) is 58.4 Å². The number of hydrogen-bond donors (Lipinski definition) is 1. The van der Waals surface area contributed by atoms with Gasteiger partial charge in [0.15, 0.2) is 0 Å². The molecule has 1 atom stereocenters. The van der Waals surface area contributed by atoms with E-state index in [-0.39, 0.29) is 0 Å². The van der Waals surface area contributed by atoms with E-state index in [2.05, 4.69) is 24.5 Å². The van der Waals surface area contributed by atoms with Gasteiger partial charge in [-0.1, -0.05) is 44.2 Å². The van der Waals surface area contributed by atoms with Crippen LogP contribution in [0.1, 0.15) is 61.9 Å². The highest BCUT2D eigenvalue weighted by atomic mass is 35.5. The first-order valence-corrected chi connectivity index (χ1v) is 8.45. The summed E-state index contributed by atoms with van der Waals surface area (Å²) in [6.07, 6.45) is 8.10. The lowest BCUT2D eigenvalue weighted by molar-refractivity contribution is 0.399. The molecule has 1 saturated carbocycles. The SMILES string of the molecule is CCCNC(CC1CCCC1)c1scc(C)c1Cl. The van der Waals surface area contributed by atoms with Crippen LogP contribution in [0.4, 0.5) is 0 Å². The van der Waals surface area contributed by atoms with Crippen LogP contribution in [-0.4, -0.2) is 6.54 Å². The molecule has 2 rings (SSSR count). The van der Waals surface area contributed by atoms with Crippen LogP contribution in [0.15, 0.2) is 5.38 Å². The highest BCUT2D eigenvalue weighted by Gasteiger charge is 2.23. The normalized spacial score (nSPS) is 18.4. The minimum Gasteiger partial charge on any atom is -0.309 e. The van der Waals surface area contributed by atoms with E-state index in [0.29, 0.717) is 6.04 Å². The molecule has 1 aliphatic carbocycles. The monoisotopic (exact) mass is 285 g/mol. The maximum absolute atomic E-state index is 6.44. The third-order valence-electron chi connectivity index (χ3n) is 3.93. The molecule has 1 N–H and O–H groups in total. The van der Waals surface area contributed by atoms with E-state index in [1.165, 1.54) is 49.0 Å². The van der Waals surface area contributed by atoms with Gasteiger partial charge in [0.25, 0.3) is 0 Å². The Morgan fingerprint density at radius 3 is 2.72 bits per heavy atom. The molecule has 1 nitrogen and oxygen atoms in total. The number of halogens is 1. The average molecular weight is 286 g/mol. The van der Waals surface area contributed by atoms with Crippen LogP contribution in [0.5, 0.6) is 0 Å². The zero-order chi connectivity index (χ0) is 13.0. The molecule has 0 aliphatic heterocycles. The van der Waals surface area contributed by atoms with Crippen LogP contribution >= 0.6 is 22.9 Å². The van der Waals surface area contributed by atoms with Gasteiger partial charge in [-0.3, -0.25) is 0 Å². The smallest absolute Gasteiger partial charge is 0.0590 e. The Morgan fingerprint density at radius 2 is 2.17 bits per heavy atom. The molecule has 102 valence electrons. The van der Waals surface area contributed by atoms with Crippen molar-refractivity contribution in [1.82, 2.24) is 5.32 Å². The van der Waals surface area contributed by atoms with Crippen LogP contribution in [0.2, 0.25) is 5.02 Å². The van der Waals surface area contributed by atoms with Gasteiger partial charge in [0.1, 0.15) is 0 Å². The lowest BCUT2D eigenvalue weighted by Crippen LogP contribution is -2.23. The van der Waals surface area contributed by atoms with E-state index in [0.717, 1.165) is 17.5 Å². The summed E-state index contributed by atoms with van der Waals surface area (Å²) in [5, 5.41) is 6.87. The molecule has 1 unspecified atom stereocenters. The molecule has 3 heteroatoms. The molecule has 0 saturated heterocycles. The highest BCUT2D eigenvalue weighted by Crippen LogP contribution is 2.38. The average Bonchev–Trinajstić information content (AvgIpc) is 2.97. The molecular formula is C15H24ClNS. The van der Waals surface area contributed by atoms with E-state index < -0.39 is 0 Å². The summed E-state index contributed by atoms with van der Waals surface area (Å²) in [7, 11) is 0. The first-order valence-electron chi connectivity index (χ1n) is 7.19. The molecule has 0 bridgehead atoms. The molecule has 0 radical (unpaired) electrons. The van der Waals surface area contributed by atoms with Gasteiger partial charge in [-0.25, -0.2) is 0 Å². The third-order valence-corrected chi connectivity index (χ3v) is 5.75. The number of rotatable bonds is 6. The van der Waals surface area contributed by atoms with E-state index >= 15 is 0 Å². The van der Waals surface area contributed by atoms with Gasteiger partial charge in [0, 0.05) is 10.9 Å². The van der Waals surface area contributed by atoms with Gasteiger partial charge in [0.2, 0.25) is 0 Å². The molecule has 1 aliphatic rings. The van der Waals surface area contributed by atoms with E-state index in [4.69, 9.17) is 11.6 Å². The minimum atomic E-state index is 0.472. The van der Waals surface area contributed by atoms with Gasteiger partial charge in [-0.15, -0.1) is 11.3 Å². The van der Waals surface area contributed by atoms with Crippen molar-refractivity contribution in [3.8, 4) is 0 Å². The first-order chi connectivity index (χ1) is 8.72. The number of hydrogen-bond acceptors (Lipinski definition) is 2. The van der Waals surface area contributed by atoms with E-state index in [9.17, 15) is 0 Å². The summed E-state index contributed by atoms with van der Waals surface area (Å²) in [6, 6.07) is 0.472. The first kappa shape index (κ1) is 14.4. The largest absolute Gasteiger partial charge is 0.309 e. The number of thiophene rings is 1. The maximum atomic E-state index is 6.44. The second kappa shape index (κ2) is 6.93.